The highest BCUT2D eigenvalue weighted by Crippen LogP contribution is 2.24. The van der Waals surface area contributed by atoms with Gasteiger partial charge in [-0.25, -0.2) is 17.9 Å². The number of benzene rings is 2. The molecule has 7 heteroatoms. The van der Waals surface area contributed by atoms with Crippen LogP contribution in [0.2, 0.25) is 5.02 Å². The molecule has 1 atom stereocenters. The number of rotatable bonds is 5. The minimum Gasteiger partial charge on any atom is -0.454 e. The van der Waals surface area contributed by atoms with E-state index in [2.05, 4.69) is 4.72 Å². The van der Waals surface area contributed by atoms with Crippen LogP contribution in [0.1, 0.15) is 28.9 Å². The lowest BCUT2D eigenvalue weighted by Gasteiger charge is -2.14. The molecule has 0 saturated carbocycles. The highest BCUT2D eigenvalue weighted by Gasteiger charge is 2.20. The first-order valence-corrected chi connectivity index (χ1v) is 8.70. The van der Waals surface area contributed by atoms with Crippen molar-refractivity contribution in [1.82, 2.24) is 4.72 Å². The van der Waals surface area contributed by atoms with Gasteiger partial charge in [-0.05, 0) is 37.7 Å². The van der Waals surface area contributed by atoms with Crippen molar-refractivity contribution in [2.45, 2.75) is 17.9 Å². The Kier molecular flexibility index (Phi) is 5.41. The van der Waals surface area contributed by atoms with Crippen molar-refractivity contribution in [1.29, 1.82) is 0 Å². The Hall–Kier alpha value is -1.89. The molecule has 0 fully saturated rings. The quantitative estimate of drug-likeness (QED) is 0.838. The van der Waals surface area contributed by atoms with E-state index >= 15 is 0 Å². The number of carbonyl (C=O) groups excluding carboxylic acids is 1. The largest absolute Gasteiger partial charge is 0.454 e. The summed E-state index contributed by atoms with van der Waals surface area (Å²) in [5, 5.41) is 0.0343. The number of hydrogen-bond donors (Lipinski definition) is 1. The van der Waals surface area contributed by atoms with Gasteiger partial charge >= 0.3 is 5.97 Å². The predicted molar refractivity (Wildman–Crippen MR) is 88.0 cm³/mol. The maximum Gasteiger partial charge on any atom is 0.338 e. The van der Waals surface area contributed by atoms with Crippen LogP contribution in [-0.2, 0) is 14.8 Å². The first-order chi connectivity index (χ1) is 10.8. The summed E-state index contributed by atoms with van der Waals surface area (Å²) in [6, 6.07) is 13.2. The first kappa shape index (κ1) is 17.5. The molecule has 122 valence electrons. The first-order valence-electron chi connectivity index (χ1n) is 6.84. The minimum atomic E-state index is -3.76. The zero-order chi connectivity index (χ0) is 17.0. The van der Waals surface area contributed by atoms with Crippen molar-refractivity contribution in [3.63, 3.8) is 0 Å². The van der Waals surface area contributed by atoms with E-state index in [1.54, 1.807) is 6.92 Å². The summed E-state index contributed by atoms with van der Waals surface area (Å²) in [4.78, 5) is 12.1. The van der Waals surface area contributed by atoms with E-state index in [1.165, 1.54) is 25.2 Å². The Morgan fingerprint density at radius 1 is 1.17 bits per heavy atom. The van der Waals surface area contributed by atoms with E-state index in [4.69, 9.17) is 16.3 Å². The zero-order valence-electron chi connectivity index (χ0n) is 12.6. The van der Waals surface area contributed by atoms with Gasteiger partial charge in [0.15, 0.2) is 0 Å². The van der Waals surface area contributed by atoms with Gasteiger partial charge < -0.3 is 4.74 Å². The van der Waals surface area contributed by atoms with Crippen molar-refractivity contribution in [2.24, 2.45) is 0 Å². The van der Waals surface area contributed by atoms with Crippen molar-refractivity contribution >= 4 is 27.6 Å². The summed E-state index contributed by atoms with van der Waals surface area (Å²) in [5.41, 5.74) is 0.962. The zero-order valence-corrected chi connectivity index (χ0v) is 14.2. The molecule has 0 aromatic heterocycles. The minimum absolute atomic E-state index is 0.0343. The Bertz CT molecular complexity index is 806. The molecule has 2 aromatic carbocycles. The van der Waals surface area contributed by atoms with Crippen LogP contribution >= 0.6 is 11.6 Å². The third-order valence-corrected chi connectivity index (χ3v) is 5.17. The monoisotopic (exact) mass is 353 g/mol. The van der Waals surface area contributed by atoms with Crippen LogP contribution in [-0.4, -0.2) is 21.4 Å². The standard InChI is InChI=1S/C16H16ClNO4S/c1-11(12-6-4-3-5-7-12)22-16(19)13-8-9-14(17)15(10-13)23(20,21)18-2/h3-11,18H,1-2H3/t11-/m1/s1. The highest BCUT2D eigenvalue weighted by atomic mass is 35.5. The number of sulfonamides is 1. The molecule has 0 bridgehead atoms. The Morgan fingerprint density at radius 3 is 2.43 bits per heavy atom. The molecule has 5 nitrogen and oxygen atoms in total. The van der Waals surface area contributed by atoms with E-state index in [1.807, 2.05) is 30.3 Å². The van der Waals surface area contributed by atoms with Gasteiger partial charge in [-0.1, -0.05) is 41.9 Å². The van der Waals surface area contributed by atoms with Crippen LogP contribution in [0, 0.1) is 0 Å². The summed E-state index contributed by atoms with van der Waals surface area (Å²) in [6.07, 6.45) is -0.455. The van der Waals surface area contributed by atoms with E-state index in [0.717, 1.165) is 5.56 Å². The molecule has 0 aliphatic carbocycles. The fraction of sp³-hybridized carbons (Fsp3) is 0.188. The third-order valence-electron chi connectivity index (χ3n) is 3.28. The van der Waals surface area contributed by atoms with E-state index in [0.29, 0.717) is 0 Å². The van der Waals surface area contributed by atoms with Crippen molar-refractivity contribution < 1.29 is 17.9 Å². The molecule has 0 radical (unpaired) electrons. The van der Waals surface area contributed by atoms with Gasteiger partial charge in [0, 0.05) is 0 Å². The predicted octanol–water partition coefficient (Wildman–Crippen LogP) is 3.17. The average molecular weight is 354 g/mol. The summed E-state index contributed by atoms with van der Waals surface area (Å²) in [7, 11) is -2.48. The van der Waals surface area contributed by atoms with E-state index in [-0.39, 0.29) is 15.5 Å². The van der Waals surface area contributed by atoms with Gasteiger partial charge in [0.2, 0.25) is 10.0 Å². The van der Waals surface area contributed by atoms with Crippen molar-refractivity contribution in [3.8, 4) is 0 Å². The van der Waals surface area contributed by atoms with Crippen molar-refractivity contribution in [2.75, 3.05) is 7.05 Å². The van der Waals surface area contributed by atoms with E-state index in [9.17, 15) is 13.2 Å². The second kappa shape index (κ2) is 7.12. The van der Waals surface area contributed by atoms with Crippen LogP contribution in [0.4, 0.5) is 0 Å². The van der Waals surface area contributed by atoms with E-state index < -0.39 is 22.1 Å². The van der Waals surface area contributed by atoms with Gasteiger partial charge in [0.1, 0.15) is 11.0 Å². The second-order valence-corrected chi connectivity index (χ2v) is 7.07. The topological polar surface area (TPSA) is 72.5 Å². The number of carbonyl (C=O) groups is 1. The van der Waals surface area contributed by atoms with Gasteiger partial charge in [-0.3, -0.25) is 0 Å². The Balaban J connectivity index is 2.25. The molecule has 2 aromatic rings. The Labute approximate surface area is 140 Å². The number of hydrogen-bond acceptors (Lipinski definition) is 4. The molecule has 0 heterocycles. The maximum absolute atomic E-state index is 12.2. The highest BCUT2D eigenvalue weighted by molar-refractivity contribution is 7.89. The second-order valence-electron chi connectivity index (χ2n) is 4.81. The van der Waals surface area contributed by atoms with Gasteiger partial charge in [-0.2, -0.15) is 0 Å². The van der Waals surface area contributed by atoms with Gasteiger partial charge in [0.05, 0.1) is 10.6 Å². The Morgan fingerprint density at radius 2 is 1.83 bits per heavy atom. The molecular formula is C16H16ClNO4S. The molecule has 0 saturated heterocycles. The number of ether oxygens (including phenoxy) is 1. The lowest BCUT2D eigenvalue weighted by molar-refractivity contribution is 0.0337. The fourth-order valence-electron chi connectivity index (χ4n) is 1.97. The van der Waals surface area contributed by atoms with Crippen LogP contribution in [0.5, 0.6) is 0 Å². The number of halogens is 1. The normalized spacial score (nSPS) is 12.7. The SMILES string of the molecule is CNS(=O)(=O)c1cc(C(=O)O[C@H](C)c2ccccc2)ccc1Cl. The van der Waals surface area contributed by atoms with Crippen LogP contribution in [0.25, 0.3) is 0 Å². The summed E-state index contributed by atoms with van der Waals surface area (Å²) < 4.78 is 31.3. The van der Waals surface area contributed by atoms with Crippen LogP contribution < -0.4 is 4.72 Å². The summed E-state index contributed by atoms with van der Waals surface area (Å²) in [5.74, 6) is -0.620. The smallest absolute Gasteiger partial charge is 0.338 e. The fourth-order valence-corrected chi connectivity index (χ4v) is 3.22. The number of esters is 1. The molecule has 0 spiro atoms. The molecule has 0 unspecified atom stereocenters. The van der Waals surface area contributed by atoms with Crippen molar-refractivity contribution in [3.05, 3.63) is 64.7 Å². The third kappa shape index (κ3) is 4.10. The molecular weight excluding hydrogens is 338 g/mol. The molecule has 2 rings (SSSR count). The molecule has 23 heavy (non-hydrogen) atoms. The van der Waals surface area contributed by atoms with Gasteiger partial charge in [0.25, 0.3) is 0 Å². The number of nitrogens with one attached hydrogen (secondary N) is 1. The van der Waals surface area contributed by atoms with Crippen LogP contribution in [0.15, 0.2) is 53.4 Å². The average Bonchev–Trinajstić information content (AvgIpc) is 2.55. The van der Waals surface area contributed by atoms with Crippen LogP contribution in [0.3, 0.4) is 0 Å². The lowest BCUT2D eigenvalue weighted by Crippen LogP contribution is -2.19. The van der Waals surface area contributed by atoms with Gasteiger partial charge in [-0.15, -0.1) is 0 Å². The molecule has 0 amide bonds. The lowest BCUT2D eigenvalue weighted by atomic mass is 10.1. The summed E-state index contributed by atoms with van der Waals surface area (Å²) >= 11 is 5.89. The molecule has 0 aliphatic heterocycles. The summed E-state index contributed by atoms with van der Waals surface area (Å²) in [6.45, 7) is 1.74. The molecule has 1 N–H and O–H groups in total. The molecule has 0 aliphatic rings. The maximum atomic E-state index is 12.2.